The highest BCUT2D eigenvalue weighted by Gasteiger charge is 2.35. The second kappa shape index (κ2) is 5.65. The molecule has 110 valence electrons. The van der Waals surface area contributed by atoms with Crippen molar-refractivity contribution < 1.29 is 9.59 Å². The lowest BCUT2D eigenvalue weighted by Gasteiger charge is -2.25. The van der Waals surface area contributed by atoms with Crippen LogP contribution in [0.2, 0.25) is 0 Å². The zero-order valence-corrected chi connectivity index (χ0v) is 12.3. The lowest BCUT2D eigenvalue weighted by atomic mass is 10.1. The molecule has 0 radical (unpaired) electrons. The summed E-state index contributed by atoms with van der Waals surface area (Å²) >= 11 is 1.51. The third-order valence-electron chi connectivity index (χ3n) is 3.52. The summed E-state index contributed by atoms with van der Waals surface area (Å²) in [6.45, 7) is 0.968. The van der Waals surface area contributed by atoms with Crippen LogP contribution in [-0.2, 0) is 4.79 Å². The smallest absolute Gasteiger partial charge is 0.314 e. The highest BCUT2D eigenvalue weighted by Crippen LogP contribution is 2.30. The van der Waals surface area contributed by atoms with E-state index in [1.165, 1.54) is 11.3 Å². The maximum absolute atomic E-state index is 11.5. The SMILES string of the molecule is CNC(=O)NC1CC2=C(C=O)CN=C(c3nccs3)N2C1. The van der Waals surface area contributed by atoms with Crippen LogP contribution in [-0.4, -0.2) is 54.2 Å². The van der Waals surface area contributed by atoms with E-state index >= 15 is 0 Å². The highest BCUT2D eigenvalue weighted by atomic mass is 32.1. The number of hydrogen-bond acceptors (Lipinski definition) is 6. The van der Waals surface area contributed by atoms with Crippen molar-refractivity contribution in [3.05, 3.63) is 27.9 Å². The van der Waals surface area contributed by atoms with Crippen LogP contribution in [0.15, 0.2) is 27.8 Å². The lowest BCUT2D eigenvalue weighted by molar-refractivity contribution is -0.105. The number of amides is 2. The summed E-state index contributed by atoms with van der Waals surface area (Å²) in [4.78, 5) is 33.4. The molecule has 7 nitrogen and oxygen atoms in total. The van der Waals surface area contributed by atoms with E-state index in [9.17, 15) is 9.59 Å². The Hall–Kier alpha value is -2.22. The summed E-state index contributed by atoms with van der Waals surface area (Å²) in [6.07, 6.45) is 3.22. The number of urea groups is 1. The quantitative estimate of drug-likeness (QED) is 0.789. The van der Waals surface area contributed by atoms with Crippen LogP contribution in [0.5, 0.6) is 0 Å². The number of aliphatic imine (C=N–C) groups is 1. The minimum Gasteiger partial charge on any atom is -0.341 e. The second-order valence-corrected chi connectivity index (χ2v) is 5.70. The molecule has 0 saturated carbocycles. The van der Waals surface area contributed by atoms with Crippen molar-refractivity contribution in [3.63, 3.8) is 0 Å². The summed E-state index contributed by atoms with van der Waals surface area (Å²) in [7, 11) is 1.58. The monoisotopic (exact) mass is 305 g/mol. The molecular formula is C13H15N5O2S. The fourth-order valence-electron chi connectivity index (χ4n) is 2.57. The number of nitrogens with one attached hydrogen (secondary N) is 2. The number of amidine groups is 1. The number of carbonyl (C=O) groups is 2. The fraction of sp³-hybridized carbons (Fsp3) is 0.385. The number of rotatable bonds is 3. The van der Waals surface area contributed by atoms with Crippen molar-refractivity contribution in [2.75, 3.05) is 20.1 Å². The van der Waals surface area contributed by atoms with E-state index in [4.69, 9.17) is 0 Å². The molecular weight excluding hydrogens is 290 g/mol. The molecule has 1 unspecified atom stereocenters. The molecule has 1 fully saturated rings. The Bertz CT molecular complexity index is 623. The predicted molar refractivity (Wildman–Crippen MR) is 79.3 cm³/mol. The summed E-state index contributed by atoms with van der Waals surface area (Å²) < 4.78 is 0. The fourth-order valence-corrected chi connectivity index (χ4v) is 3.22. The number of aromatic nitrogens is 1. The van der Waals surface area contributed by atoms with E-state index in [0.29, 0.717) is 25.1 Å². The van der Waals surface area contributed by atoms with Gasteiger partial charge in [0.05, 0.1) is 12.6 Å². The van der Waals surface area contributed by atoms with E-state index in [1.807, 2.05) is 10.3 Å². The summed E-state index contributed by atoms with van der Waals surface area (Å²) in [6, 6.07) is -0.265. The van der Waals surface area contributed by atoms with E-state index in [1.54, 1.807) is 13.2 Å². The van der Waals surface area contributed by atoms with Crippen molar-refractivity contribution in [2.45, 2.75) is 12.5 Å². The molecule has 0 aromatic carbocycles. The maximum atomic E-state index is 11.5. The topological polar surface area (TPSA) is 86.7 Å². The van der Waals surface area contributed by atoms with Gasteiger partial charge in [0, 0.05) is 42.9 Å². The Labute approximate surface area is 125 Å². The predicted octanol–water partition coefficient (Wildman–Crippen LogP) is 0.360. The largest absolute Gasteiger partial charge is 0.341 e. The van der Waals surface area contributed by atoms with Crippen molar-refractivity contribution in [1.82, 2.24) is 20.5 Å². The first-order valence-electron chi connectivity index (χ1n) is 6.60. The molecule has 2 N–H and O–H groups in total. The minimum atomic E-state index is -0.221. The number of fused-ring (bicyclic) bond motifs is 1. The van der Waals surface area contributed by atoms with Gasteiger partial charge in [-0.15, -0.1) is 11.3 Å². The molecule has 0 bridgehead atoms. The third-order valence-corrected chi connectivity index (χ3v) is 4.29. The molecule has 0 spiro atoms. The molecule has 3 rings (SSSR count). The van der Waals surface area contributed by atoms with Crippen molar-refractivity contribution in [3.8, 4) is 0 Å². The average molecular weight is 305 g/mol. The second-order valence-electron chi connectivity index (χ2n) is 4.80. The first kappa shape index (κ1) is 13.7. The van der Waals surface area contributed by atoms with E-state index in [2.05, 4.69) is 20.6 Å². The van der Waals surface area contributed by atoms with Crippen LogP contribution in [0.3, 0.4) is 0 Å². The van der Waals surface area contributed by atoms with Gasteiger partial charge >= 0.3 is 6.03 Å². The Balaban J connectivity index is 1.86. The highest BCUT2D eigenvalue weighted by molar-refractivity contribution is 7.11. The summed E-state index contributed by atoms with van der Waals surface area (Å²) in [5, 5.41) is 8.15. The number of nitrogens with zero attached hydrogens (tertiary/aromatic N) is 3. The van der Waals surface area contributed by atoms with Crippen LogP contribution in [0.1, 0.15) is 11.4 Å². The first-order valence-corrected chi connectivity index (χ1v) is 7.48. The van der Waals surface area contributed by atoms with Crippen LogP contribution < -0.4 is 10.6 Å². The van der Waals surface area contributed by atoms with Crippen LogP contribution in [0.25, 0.3) is 0 Å². The zero-order chi connectivity index (χ0) is 14.8. The molecule has 2 aliphatic rings. The molecule has 21 heavy (non-hydrogen) atoms. The van der Waals surface area contributed by atoms with Gasteiger partial charge in [-0.3, -0.25) is 9.79 Å². The van der Waals surface area contributed by atoms with E-state index < -0.39 is 0 Å². The van der Waals surface area contributed by atoms with Crippen LogP contribution >= 0.6 is 11.3 Å². The van der Waals surface area contributed by atoms with Crippen molar-refractivity contribution >= 4 is 29.5 Å². The minimum absolute atomic E-state index is 0.0434. The zero-order valence-electron chi connectivity index (χ0n) is 11.5. The van der Waals surface area contributed by atoms with Crippen molar-refractivity contribution in [2.24, 2.45) is 4.99 Å². The van der Waals surface area contributed by atoms with Gasteiger partial charge in [-0.05, 0) is 0 Å². The van der Waals surface area contributed by atoms with Gasteiger partial charge in [0.1, 0.15) is 6.29 Å². The maximum Gasteiger partial charge on any atom is 0.314 e. The van der Waals surface area contributed by atoms with Gasteiger partial charge in [-0.25, -0.2) is 9.78 Å². The Morgan fingerprint density at radius 1 is 1.57 bits per heavy atom. The number of hydrogen-bond donors (Lipinski definition) is 2. The summed E-state index contributed by atoms with van der Waals surface area (Å²) in [5.41, 5.74) is 1.61. The van der Waals surface area contributed by atoms with Gasteiger partial charge in [0.2, 0.25) is 0 Å². The molecule has 1 aromatic heterocycles. The van der Waals surface area contributed by atoms with Gasteiger partial charge < -0.3 is 15.5 Å². The molecule has 1 atom stereocenters. The average Bonchev–Trinajstić information content (AvgIpc) is 3.15. The molecule has 1 aromatic rings. The standard InChI is InChI=1S/C13H15N5O2S/c1-14-13(20)17-9-4-10-8(7-19)5-16-11(18(10)6-9)12-15-2-3-21-12/h2-3,7,9H,4-6H2,1H3,(H2,14,17,20). The molecule has 0 aliphatic carbocycles. The molecule has 8 heteroatoms. The third kappa shape index (κ3) is 2.54. The first-order chi connectivity index (χ1) is 10.2. The van der Waals surface area contributed by atoms with Gasteiger partial charge in [-0.2, -0.15) is 0 Å². The van der Waals surface area contributed by atoms with Crippen molar-refractivity contribution in [1.29, 1.82) is 0 Å². The number of carbonyl (C=O) groups excluding carboxylic acids is 2. The van der Waals surface area contributed by atoms with Gasteiger partial charge in [0.15, 0.2) is 10.8 Å². The van der Waals surface area contributed by atoms with Crippen LogP contribution in [0, 0.1) is 0 Å². The number of aldehydes is 1. The Morgan fingerprint density at radius 3 is 3.10 bits per heavy atom. The lowest BCUT2D eigenvalue weighted by Crippen LogP contribution is -2.42. The van der Waals surface area contributed by atoms with Crippen LogP contribution in [0.4, 0.5) is 4.79 Å². The van der Waals surface area contributed by atoms with Gasteiger partial charge in [0.25, 0.3) is 0 Å². The normalized spacial score (nSPS) is 20.9. The van der Waals surface area contributed by atoms with E-state index in [-0.39, 0.29) is 12.1 Å². The van der Waals surface area contributed by atoms with Gasteiger partial charge in [-0.1, -0.05) is 0 Å². The Morgan fingerprint density at radius 2 is 2.43 bits per heavy atom. The molecule has 3 heterocycles. The molecule has 2 amide bonds. The summed E-state index contributed by atoms with van der Waals surface area (Å²) in [5.74, 6) is 0.784. The Kier molecular flexibility index (Phi) is 3.70. The van der Waals surface area contributed by atoms with E-state index in [0.717, 1.165) is 22.8 Å². The molecule has 1 saturated heterocycles. The molecule has 2 aliphatic heterocycles. The number of thiazole rings is 1.